The largest absolute Gasteiger partial charge is 0.484 e. The van der Waals surface area contributed by atoms with Crippen molar-refractivity contribution < 1.29 is 18.8 Å². The minimum absolute atomic E-state index is 0.179. The summed E-state index contributed by atoms with van der Waals surface area (Å²) in [5.41, 5.74) is 1.81. The normalized spacial score (nSPS) is 11.1. The Bertz CT molecular complexity index is 370. The molecule has 4 nitrogen and oxygen atoms in total. The van der Waals surface area contributed by atoms with Gasteiger partial charge in [0.2, 0.25) is 0 Å². The first-order valence-corrected chi connectivity index (χ1v) is 5.22. The van der Waals surface area contributed by atoms with Crippen LogP contribution < -0.4 is 10.2 Å². The third kappa shape index (κ3) is 5.87. The third-order valence-electron chi connectivity index (χ3n) is 1.65. The Hall–Kier alpha value is -1.62. The minimum atomic E-state index is -0.453. The molecule has 0 unspecified atom stereocenters. The van der Waals surface area contributed by atoms with Gasteiger partial charge in [-0.25, -0.2) is 9.87 Å². The molecule has 0 spiro atoms. The number of ether oxygens (including phenoxy) is 1. The number of halogens is 1. The highest BCUT2D eigenvalue weighted by atomic mass is 19.1. The van der Waals surface area contributed by atoms with Crippen molar-refractivity contribution in [1.29, 1.82) is 0 Å². The Balaban J connectivity index is 2.31. The number of benzene rings is 1. The van der Waals surface area contributed by atoms with Crippen LogP contribution in [0, 0.1) is 5.82 Å². The lowest BCUT2D eigenvalue weighted by molar-refractivity contribution is -0.147. The molecule has 1 aromatic carbocycles. The highest BCUT2D eigenvalue weighted by Crippen LogP contribution is 2.10. The van der Waals surface area contributed by atoms with Gasteiger partial charge in [-0.1, -0.05) is 0 Å². The number of hydrogen-bond donors (Lipinski definition) is 1. The van der Waals surface area contributed by atoms with E-state index in [0.717, 1.165) is 0 Å². The molecule has 0 radical (unpaired) electrons. The molecule has 0 heterocycles. The van der Waals surface area contributed by atoms with E-state index in [-0.39, 0.29) is 12.4 Å². The standard InChI is InChI=1S/C12H16FNO3/c1-12(2,3)17-14-11(15)8-16-10-6-4-9(13)5-7-10/h4-7H,8H2,1-3H3,(H,14,15). The number of hydroxylamine groups is 1. The molecule has 1 amide bonds. The van der Waals surface area contributed by atoms with Crippen LogP contribution in [-0.4, -0.2) is 18.1 Å². The zero-order valence-corrected chi connectivity index (χ0v) is 10.1. The zero-order chi connectivity index (χ0) is 12.9. The summed E-state index contributed by atoms with van der Waals surface area (Å²) in [6.45, 7) is 5.26. The van der Waals surface area contributed by atoms with Crippen molar-refractivity contribution in [2.75, 3.05) is 6.61 Å². The fraction of sp³-hybridized carbons (Fsp3) is 0.417. The third-order valence-corrected chi connectivity index (χ3v) is 1.65. The molecule has 0 bridgehead atoms. The topological polar surface area (TPSA) is 47.6 Å². The first-order chi connectivity index (χ1) is 7.87. The summed E-state index contributed by atoms with van der Waals surface area (Å²) in [5, 5.41) is 0. The summed E-state index contributed by atoms with van der Waals surface area (Å²) in [6, 6.07) is 5.43. The maximum atomic E-state index is 12.6. The van der Waals surface area contributed by atoms with Gasteiger partial charge < -0.3 is 4.74 Å². The number of amides is 1. The molecular weight excluding hydrogens is 225 g/mol. The van der Waals surface area contributed by atoms with Crippen molar-refractivity contribution in [2.45, 2.75) is 26.4 Å². The summed E-state index contributed by atoms with van der Waals surface area (Å²) in [4.78, 5) is 16.4. The minimum Gasteiger partial charge on any atom is -0.484 e. The average Bonchev–Trinajstić information content (AvgIpc) is 2.25. The highest BCUT2D eigenvalue weighted by Gasteiger charge is 2.12. The van der Waals surface area contributed by atoms with Gasteiger partial charge in [0.1, 0.15) is 11.6 Å². The molecule has 0 fully saturated rings. The van der Waals surface area contributed by atoms with E-state index >= 15 is 0 Å². The number of carbonyl (C=O) groups is 1. The van der Waals surface area contributed by atoms with Crippen molar-refractivity contribution in [1.82, 2.24) is 5.48 Å². The van der Waals surface area contributed by atoms with Gasteiger partial charge in [0.25, 0.3) is 5.91 Å². The lowest BCUT2D eigenvalue weighted by atomic mass is 10.2. The Kier molecular flexibility index (Phi) is 4.45. The SMILES string of the molecule is CC(C)(C)ONC(=O)COc1ccc(F)cc1. The molecule has 0 aromatic heterocycles. The molecule has 94 valence electrons. The van der Waals surface area contributed by atoms with Crippen LogP contribution in [0.4, 0.5) is 4.39 Å². The number of carbonyl (C=O) groups excluding carboxylic acids is 1. The lowest BCUT2D eigenvalue weighted by Crippen LogP contribution is -2.36. The molecule has 17 heavy (non-hydrogen) atoms. The van der Waals surface area contributed by atoms with Crippen molar-refractivity contribution in [3.05, 3.63) is 30.1 Å². The summed E-state index contributed by atoms with van der Waals surface area (Å²) < 4.78 is 17.7. The van der Waals surface area contributed by atoms with Gasteiger partial charge in [-0.05, 0) is 45.0 Å². The Labute approximate surface area is 99.7 Å². The summed E-state index contributed by atoms with van der Waals surface area (Å²) in [7, 11) is 0. The van der Waals surface area contributed by atoms with Crippen LogP contribution in [0.5, 0.6) is 5.75 Å². The van der Waals surface area contributed by atoms with E-state index in [2.05, 4.69) is 5.48 Å². The molecule has 0 atom stereocenters. The fourth-order valence-electron chi connectivity index (χ4n) is 0.919. The van der Waals surface area contributed by atoms with E-state index in [1.54, 1.807) is 0 Å². The van der Waals surface area contributed by atoms with Crippen molar-refractivity contribution >= 4 is 5.91 Å². The van der Waals surface area contributed by atoms with E-state index in [9.17, 15) is 9.18 Å². The zero-order valence-electron chi connectivity index (χ0n) is 10.1. The molecule has 0 aliphatic carbocycles. The van der Waals surface area contributed by atoms with E-state index in [4.69, 9.17) is 9.57 Å². The lowest BCUT2D eigenvalue weighted by Gasteiger charge is -2.18. The molecule has 0 aliphatic heterocycles. The highest BCUT2D eigenvalue weighted by molar-refractivity contribution is 5.76. The van der Waals surface area contributed by atoms with Gasteiger partial charge in [-0.15, -0.1) is 0 Å². The molecule has 1 aromatic rings. The van der Waals surface area contributed by atoms with Gasteiger partial charge in [0.05, 0.1) is 5.60 Å². The Morgan fingerprint density at radius 3 is 2.41 bits per heavy atom. The predicted octanol–water partition coefficient (Wildman–Crippen LogP) is 2.05. The van der Waals surface area contributed by atoms with Crippen LogP contribution >= 0.6 is 0 Å². The van der Waals surface area contributed by atoms with Crippen LogP contribution in [0.1, 0.15) is 20.8 Å². The molecule has 0 saturated carbocycles. The van der Waals surface area contributed by atoms with E-state index < -0.39 is 11.5 Å². The smallest absolute Gasteiger partial charge is 0.281 e. The second kappa shape index (κ2) is 5.63. The van der Waals surface area contributed by atoms with Gasteiger partial charge in [0, 0.05) is 0 Å². The van der Waals surface area contributed by atoms with Gasteiger partial charge >= 0.3 is 0 Å². The monoisotopic (exact) mass is 241 g/mol. The predicted molar refractivity (Wildman–Crippen MR) is 60.9 cm³/mol. The van der Waals surface area contributed by atoms with E-state index in [0.29, 0.717) is 5.75 Å². The maximum Gasteiger partial charge on any atom is 0.281 e. The van der Waals surface area contributed by atoms with Crippen molar-refractivity contribution in [2.24, 2.45) is 0 Å². The van der Waals surface area contributed by atoms with Crippen LogP contribution in [-0.2, 0) is 9.63 Å². The number of rotatable bonds is 4. The van der Waals surface area contributed by atoms with Crippen LogP contribution in [0.3, 0.4) is 0 Å². The van der Waals surface area contributed by atoms with Crippen LogP contribution in [0.15, 0.2) is 24.3 Å². The summed E-state index contributed by atoms with van der Waals surface area (Å²) in [5.74, 6) is -0.320. The first kappa shape index (κ1) is 13.4. The molecule has 0 saturated heterocycles. The molecule has 1 N–H and O–H groups in total. The van der Waals surface area contributed by atoms with Crippen LogP contribution in [0.25, 0.3) is 0 Å². The molecule has 5 heteroatoms. The quantitative estimate of drug-likeness (QED) is 0.821. The van der Waals surface area contributed by atoms with Crippen molar-refractivity contribution in [3.8, 4) is 5.75 Å². The summed E-state index contributed by atoms with van der Waals surface area (Å²) in [6.07, 6.45) is 0. The van der Waals surface area contributed by atoms with Crippen LogP contribution in [0.2, 0.25) is 0 Å². The van der Waals surface area contributed by atoms with E-state index in [1.165, 1.54) is 24.3 Å². The second-order valence-electron chi connectivity index (χ2n) is 4.48. The molecule has 0 aliphatic rings. The Morgan fingerprint density at radius 1 is 1.29 bits per heavy atom. The first-order valence-electron chi connectivity index (χ1n) is 5.22. The number of hydrogen-bond acceptors (Lipinski definition) is 3. The van der Waals surface area contributed by atoms with E-state index in [1.807, 2.05) is 20.8 Å². The van der Waals surface area contributed by atoms with Gasteiger partial charge in [-0.3, -0.25) is 9.63 Å². The van der Waals surface area contributed by atoms with Crippen molar-refractivity contribution in [3.63, 3.8) is 0 Å². The molecule has 1 rings (SSSR count). The summed E-state index contributed by atoms with van der Waals surface area (Å²) >= 11 is 0. The fourth-order valence-corrected chi connectivity index (χ4v) is 0.919. The average molecular weight is 241 g/mol. The number of nitrogens with one attached hydrogen (secondary N) is 1. The maximum absolute atomic E-state index is 12.6. The Morgan fingerprint density at radius 2 is 1.88 bits per heavy atom. The second-order valence-corrected chi connectivity index (χ2v) is 4.48. The molecular formula is C12H16FNO3. The van der Waals surface area contributed by atoms with Gasteiger partial charge in [-0.2, -0.15) is 0 Å². The van der Waals surface area contributed by atoms with Gasteiger partial charge in [0.15, 0.2) is 6.61 Å².